The van der Waals surface area contributed by atoms with Crippen molar-refractivity contribution in [3.05, 3.63) is 0 Å². The van der Waals surface area contributed by atoms with Crippen LogP contribution in [0.5, 0.6) is 0 Å². The molecule has 0 spiro atoms. The van der Waals surface area contributed by atoms with E-state index >= 15 is 0 Å². The molecule has 26 heavy (non-hydrogen) atoms. The molecule has 0 aromatic carbocycles. The fourth-order valence-electron chi connectivity index (χ4n) is 3.82. The molecule has 0 fully saturated rings. The highest BCUT2D eigenvalue weighted by molar-refractivity contribution is 14.0. The van der Waals surface area contributed by atoms with Gasteiger partial charge in [-0.05, 0) is 25.7 Å². The lowest BCUT2D eigenvalue weighted by molar-refractivity contribution is -0.933. The van der Waals surface area contributed by atoms with Crippen molar-refractivity contribution in [1.82, 2.24) is 0 Å². The van der Waals surface area contributed by atoms with Gasteiger partial charge in [-0.1, -0.05) is 53.4 Å². The van der Waals surface area contributed by atoms with Crippen LogP contribution in [0, 0.1) is 0 Å². The zero-order valence-corrected chi connectivity index (χ0v) is 23.3. The third-order valence-corrected chi connectivity index (χ3v) is 5.51. The van der Waals surface area contributed by atoms with Crippen molar-refractivity contribution >= 4 is 48.0 Å². The summed E-state index contributed by atoms with van der Waals surface area (Å²) >= 11 is 0. The van der Waals surface area contributed by atoms with Crippen LogP contribution in [0.1, 0.15) is 79.1 Å². The molecule has 5 heteroatoms. The van der Waals surface area contributed by atoms with Crippen molar-refractivity contribution < 1.29 is 14.1 Å². The molecule has 0 atom stereocenters. The van der Waals surface area contributed by atoms with Gasteiger partial charge in [0, 0.05) is 0 Å². The molecule has 0 rings (SSSR count). The lowest BCUT2D eigenvalue weighted by atomic mass is 10.1. The summed E-state index contributed by atoms with van der Waals surface area (Å²) in [5, 5.41) is 10.9. The van der Waals surface area contributed by atoms with E-state index in [0.29, 0.717) is 0 Å². The molecule has 0 heterocycles. The highest BCUT2D eigenvalue weighted by Gasteiger charge is 2.30. The monoisotopic (exact) mass is 600 g/mol. The summed E-state index contributed by atoms with van der Waals surface area (Å²) in [5.41, 5.74) is 0. The molecular formula is C21H50I2N2O+2. The maximum atomic E-state index is 10.9. The van der Waals surface area contributed by atoms with E-state index in [1.807, 2.05) is 0 Å². The molecule has 0 bridgehead atoms. The van der Waals surface area contributed by atoms with Crippen LogP contribution in [0.2, 0.25) is 0 Å². The van der Waals surface area contributed by atoms with Gasteiger partial charge in [0.15, 0.2) is 6.10 Å². The van der Waals surface area contributed by atoms with Crippen LogP contribution in [-0.2, 0) is 0 Å². The summed E-state index contributed by atoms with van der Waals surface area (Å²) in [6.45, 7) is 15.8. The van der Waals surface area contributed by atoms with Gasteiger partial charge < -0.3 is 14.1 Å². The van der Waals surface area contributed by atoms with Gasteiger partial charge in [-0.2, -0.15) is 0 Å². The SMILES string of the molecule is CCCC[N+](C)(CCCC)CC(O)C[N+](C)(CCCC)CCCC.I.I. The number of halogens is 2. The van der Waals surface area contributed by atoms with E-state index in [9.17, 15) is 5.11 Å². The van der Waals surface area contributed by atoms with Crippen LogP contribution >= 0.6 is 48.0 Å². The van der Waals surface area contributed by atoms with E-state index in [0.717, 1.165) is 22.1 Å². The second-order valence-corrected chi connectivity index (χ2v) is 8.57. The summed E-state index contributed by atoms with van der Waals surface area (Å²) in [4.78, 5) is 0. The first kappa shape index (κ1) is 32.0. The zero-order chi connectivity index (χ0) is 18.5. The van der Waals surface area contributed by atoms with Crippen LogP contribution in [0.25, 0.3) is 0 Å². The molecule has 0 aromatic heterocycles. The smallest absolute Gasteiger partial charge is 0.152 e. The van der Waals surface area contributed by atoms with E-state index in [-0.39, 0.29) is 54.1 Å². The summed E-state index contributed by atoms with van der Waals surface area (Å²) < 4.78 is 2.09. The lowest BCUT2D eigenvalue weighted by Crippen LogP contribution is -2.56. The quantitative estimate of drug-likeness (QED) is 0.179. The Labute approximate surface area is 199 Å². The molecule has 162 valence electrons. The number of aliphatic hydroxyl groups excluding tert-OH is 1. The van der Waals surface area contributed by atoms with Crippen molar-refractivity contribution in [3.63, 3.8) is 0 Å². The van der Waals surface area contributed by atoms with Crippen LogP contribution in [0.4, 0.5) is 0 Å². The number of likely N-dealkylation sites (N-methyl/N-ethyl adjacent to an activating group) is 2. The average Bonchev–Trinajstić information content (AvgIpc) is 2.54. The normalized spacial score (nSPS) is 12.0. The predicted octanol–water partition coefficient (Wildman–Crippen LogP) is 5.68. The number of rotatable bonds is 16. The Kier molecular flexibility index (Phi) is 22.6. The molecule has 0 saturated heterocycles. The predicted molar refractivity (Wildman–Crippen MR) is 138 cm³/mol. The topological polar surface area (TPSA) is 20.2 Å². The molecule has 0 aliphatic heterocycles. The number of nitrogens with zero attached hydrogens (tertiary/aromatic N) is 2. The second kappa shape index (κ2) is 18.4. The third kappa shape index (κ3) is 15.3. The maximum Gasteiger partial charge on any atom is 0.152 e. The number of aliphatic hydroxyl groups is 1. The Morgan fingerprint density at radius 1 is 0.577 bits per heavy atom. The summed E-state index contributed by atoms with van der Waals surface area (Å²) in [7, 11) is 4.72. The standard InChI is InChI=1S/C21H48N2O.2HI/c1-7-11-15-22(5,16-12-8-2)19-21(24)20-23(6,17-13-9-3)18-14-10-4;;/h21,24H,7-20H2,1-6H3;2*1H/q+2;;. The van der Waals surface area contributed by atoms with Gasteiger partial charge in [-0.3, -0.25) is 0 Å². The summed E-state index contributed by atoms with van der Waals surface area (Å²) in [5.74, 6) is 0. The molecule has 3 nitrogen and oxygen atoms in total. The molecule has 0 aliphatic rings. The van der Waals surface area contributed by atoms with Crippen molar-refractivity contribution in [2.45, 2.75) is 85.2 Å². The molecule has 0 aliphatic carbocycles. The van der Waals surface area contributed by atoms with E-state index in [2.05, 4.69) is 41.8 Å². The number of unbranched alkanes of at least 4 members (excludes halogenated alkanes) is 4. The van der Waals surface area contributed by atoms with Gasteiger partial charge in [0.05, 0.1) is 40.3 Å². The second-order valence-electron chi connectivity index (χ2n) is 8.57. The fourth-order valence-corrected chi connectivity index (χ4v) is 3.82. The van der Waals surface area contributed by atoms with E-state index in [4.69, 9.17) is 0 Å². The minimum atomic E-state index is -0.178. The Balaban J connectivity index is -0.00000264. The fraction of sp³-hybridized carbons (Fsp3) is 1.00. The van der Waals surface area contributed by atoms with Crippen LogP contribution in [-0.4, -0.2) is 73.5 Å². The minimum absolute atomic E-state index is 0. The number of quaternary nitrogens is 2. The maximum absolute atomic E-state index is 10.9. The molecule has 0 radical (unpaired) electrons. The Morgan fingerprint density at radius 2 is 0.808 bits per heavy atom. The van der Waals surface area contributed by atoms with Gasteiger partial charge in [-0.15, -0.1) is 48.0 Å². The Hall–Kier alpha value is 1.34. The first-order chi connectivity index (χ1) is 11.3. The lowest BCUT2D eigenvalue weighted by Gasteiger charge is -2.40. The molecule has 0 aromatic rings. The van der Waals surface area contributed by atoms with Gasteiger partial charge >= 0.3 is 0 Å². The van der Waals surface area contributed by atoms with Crippen LogP contribution in [0.3, 0.4) is 0 Å². The summed E-state index contributed by atoms with van der Waals surface area (Å²) in [6.07, 6.45) is 9.88. The van der Waals surface area contributed by atoms with Gasteiger partial charge in [0.1, 0.15) is 13.1 Å². The average molecular weight is 600 g/mol. The third-order valence-electron chi connectivity index (χ3n) is 5.51. The summed E-state index contributed by atoms with van der Waals surface area (Å²) in [6, 6.07) is 0. The molecular weight excluding hydrogens is 550 g/mol. The van der Waals surface area contributed by atoms with Gasteiger partial charge in [-0.25, -0.2) is 0 Å². The van der Waals surface area contributed by atoms with Crippen LogP contribution < -0.4 is 0 Å². The van der Waals surface area contributed by atoms with E-state index in [1.165, 1.54) is 77.5 Å². The highest BCUT2D eigenvalue weighted by atomic mass is 127. The van der Waals surface area contributed by atoms with Crippen molar-refractivity contribution in [2.75, 3.05) is 53.4 Å². The Bertz CT molecular complexity index is 260. The first-order valence-electron chi connectivity index (χ1n) is 10.7. The van der Waals surface area contributed by atoms with E-state index < -0.39 is 0 Å². The molecule has 1 N–H and O–H groups in total. The molecule has 0 unspecified atom stereocenters. The first-order valence-corrected chi connectivity index (χ1v) is 10.7. The van der Waals surface area contributed by atoms with Crippen molar-refractivity contribution in [2.24, 2.45) is 0 Å². The van der Waals surface area contributed by atoms with E-state index in [1.54, 1.807) is 0 Å². The zero-order valence-electron chi connectivity index (χ0n) is 18.6. The van der Waals surface area contributed by atoms with Crippen molar-refractivity contribution in [1.29, 1.82) is 0 Å². The molecule has 0 saturated carbocycles. The van der Waals surface area contributed by atoms with Gasteiger partial charge in [0.25, 0.3) is 0 Å². The number of hydrogen-bond acceptors (Lipinski definition) is 1. The minimum Gasteiger partial charge on any atom is -0.382 e. The largest absolute Gasteiger partial charge is 0.382 e. The number of hydrogen-bond donors (Lipinski definition) is 1. The Morgan fingerprint density at radius 3 is 1.00 bits per heavy atom. The van der Waals surface area contributed by atoms with Gasteiger partial charge in [0.2, 0.25) is 0 Å². The van der Waals surface area contributed by atoms with Crippen LogP contribution in [0.15, 0.2) is 0 Å². The molecule has 0 amide bonds. The highest BCUT2D eigenvalue weighted by Crippen LogP contribution is 2.15. The van der Waals surface area contributed by atoms with Crippen molar-refractivity contribution in [3.8, 4) is 0 Å².